The van der Waals surface area contributed by atoms with Gasteiger partial charge in [-0.2, -0.15) is 0 Å². The average Bonchev–Trinajstić information content (AvgIpc) is 2.68. The fourth-order valence-corrected chi connectivity index (χ4v) is 19.6. The van der Waals surface area contributed by atoms with E-state index in [1.54, 1.807) is 0 Å². The van der Waals surface area contributed by atoms with Gasteiger partial charge in [-0.25, -0.2) is 0 Å². The quantitative estimate of drug-likeness (QED) is 0.206. The first-order chi connectivity index (χ1) is 13.0. The molecule has 1 fully saturated rings. The maximum absolute atomic E-state index is 6.80. The van der Waals surface area contributed by atoms with E-state index in [4.69, 9.17) is 12.3 Å². The molecule has 1 aliphatic heterocycles. The first kappa shape index (κ1) is 24.8. The lowest BCUT2D eigenvalue weighted by Crippen LogP contribution is -2.68. The summed E-state index contributed by atoms with van der Waals surface area (Å²) in [5.74, 6) is 0. The topological polar surface area (TPSA) is 27.7 Å². The van der Waals surface area contributed by atoms with Gasteiger partial charge >= 0.3 is 25.7 Å². The summed E-state index contributed by atoms with van der Waals surface area (Å²) in [4.78, 5) is 0. The Labute approximate surface area is 171 Å². The van der Waals surface area contributed by atoms with Gasteiger partial charge < -0.3 is 12.3 Å². The lowest BCUT2D eigenvalue weighted by atomic mass is 10.3. The summed E-state index contributed by atoms with van der Waals surface area (Å²) in [7, 11) is -7.52. The molecule has 0 unspecified atom stereocenters. The van der Waals surface area contributed by atoms with Crippen LogP contribution in [0.15, 0.2) is 36.8 Å². The average molecular weight is 427 g/mol. The zero-order chi connectivity index (χ0) is 20.2. The largest absolute Gasteiger partial charge is 0.409 e. The van der Waals surface area contributed by atoms with E-state index in [9.17, 15) is 0 Å². The molecule has 0 aromatic carbocycles. The molecule has 0 atom stereocenters. The van der Waals surface area contributed by atoms with Gasteiger partial charge in [-0.1, -0.05) is 95.7 Å². The fraction of sp³-hybridized carbons (Fsp3) is 0.714. The minimum atomic E-state index is -2.51. The summed E-state index contributed by atoms with van der Waals surface area (Å²) in [5, 5.41) is 0. The molecule has 1 rings (SSSR count). The molecule has 0 radical (unpaired) electrons. The van der Waals surface area contributed by atoms with E-state index in [0.29, 0.717) is 0 Å². The van der Waals surface area contributed by atoms with Crippen LogP contribution in [0.1, 0.15) is 78.6 Å². The monoisotopic (exact) mass is 426 g/mol. The van der Waals surface area contributed by atoms with Gasteiger partial charge in [0, 0.05) is 0 Å². The molecular weight excluding hydrogens is 384 g/mol. The Kier molecular flexibility index (Phi) is 11.3. The van der Waals surface area contributed by atoms with E-state index in [1.807, 2.05) is 17.1 Å². The molecule has 0 saturated carbocycles. The molecule has 0 aromatic heterocycles. The second-order valence-electron chi connectivity index (χ2n) is 7.73. The summed E-state index contributed by atoms with van der Waals surface area (Å²) in [5.41, 5.74) is 6.05. The molecule has 0 spiro atoms. The van der Waals surface area contributed by atoms with Crippen molar-refractivity contribution in [2.24, 2.45) is 0 Å². The maximum atomic E-state index is 6.80. The highest BCUT2D eigenvalue weighted by Crippen LogP contribution is 2.40. The van der Waals surface area contributed by atoms with Crippen molar-refractivity contribution in [2.45, 2.75) is 96.7 Å². The molecule has 3 nitrogen and oxygen atoms in total. The van der Waals surface area contributed by atoms with Crippen LogP contribution in [0.2, 0.25) is 18.1 Å². The third-order valence-corrected chi connectivity index (χ3v) is 18.7. The highest BCUT2D eigenvalue weighted by atomic mass is 28.5. The normalized spacial score (nSPS) is 30.8. The highest BCUT2D eigenvalue weighted by molar-refractivity contribution is 6.99. The molecule has 0 bridgehead atoms. The van der Waals surface area contributed by atoms with Crippen LogP contribution in [0.4, 0.5) is 0 Å². The number of rotatable bonds is 15. The predicted octanol–water partition coefficient (Wildman–Crippen LogP) is 7.12. The second-order valence-corrected chi connectivity index (χ2v) is 17.8. The SMILES string of the molecule is C=C[Si]1(CCCCC)O[Si](C=C)(CCCCC)O[Si](C=C)(CCCCC)O1. The van der Waals surface area contributed by atoms with Crippen LogP contribution >= 0.6 is 0 Å². The Hall–Kier alpha value is -0.249. The van der Waals surface area contributed by atoms with Gasteiger partial charge in [0.05, 0.1) is 0 Å². The van der Waals surface area contributed by atoms with Crippen molar-refractivity contribution < 1.29 is 12.3 Å². The summed E-state index contributed by atoms with van der Waals surface area (Å²) < 4.78 is 20.4. The molecule has 27 heavy (non-hydrogen) atoms. The molecule has 6 heteroatoms. The van der Waals surface area contributed by atoms with Crippen LogP contribution in [0.5, 0.6) is 0 Å². The third kappa shape index (κ3) is 7.25. The Morgan fingerprint density at radius 3 is 0.963 bits per heavy atom. The van der Waals surface area contributed by atoms with Crippen molar-refractivity contribution >= 4 is 25.7 Å². The molecule has 0 aromatic rings. The third-order valence-electron chi connectivity index (χ3n) is 5.36. The molecule has 0 N–H and O–H groups in total. The van der Waals surface area contributed by atoms with Crippen molar-refractivity contribution in [3.8, 4) is 0 Å². The molecule has 1 heterocycles. The van der Waals surface area contributed by atoms with Crippen LogP contribution in [0, 0.1) is 0 Å². The Morgan fingerprint density at radius 1 is 0.519 bits per heavy atom. The van der Waals surface area contributed by atoms with Crippen LogP contribution < -0.4 is 0 Å². The van der Waals surface area contributed by atoms with E-state index in [-0.39, 0.29) is 0 Å². The summed E-state index contributed by atoms with van der Waals surface area (Å²) in [6, 6.07) is 2.92. The van der Waals surface area contributed by atoms with Gasteiger partial charge in [0.25, 0.3) is 0 Å². The van der Waals surface area contributed by atoms with E-state index in [1.165, 1.54) is 38.5 Å². The fourth-order valence-electron chi connectivity index (χ4n) is 3.67. The first-order valence-electron chi connectivity index (χ1n) is 11.0. The second kappa shape index (κ2) is 12.3. The van der Waals surface area contributed by atoms with Crippen LogP contribution in [0.3, 0.4) is 0 Å². The van der Waals surface area contributed by atoms with Crippen molar-refractivity contribution in [1.29, 1.82) is 0 Å². The van der Waals surface area contributed by atoms with Crippen molar-refractivity contribution in [3.05, 3.63) is 36.8 Å². The molecular formula is C21H42O3Si3. The smallest absolute Gasteiger partial charge is 0.347 e. The van der Waals surface area contributed by atoms with Gasteiger partial charge in [-0.3, -0.25) is 0 Å². The zero-order valence-electron chi connectivity index (χ0n) is 18.1. The van der Waals surface area contributed by atoms with Gasteiger partial charge in [0.15, 0.2) is 0 Å². The van der Waals surface area contributed by atoms with Crippen LogP contribution in [-0.4, -0.2) is 25.7 Å². The summed E-state index contributed by atoms with van der Waals surface area (Å²) in [6.07, 6.45) is 10.6. The maximum Gasteiger partial charge on any atom is 0.347 e. The van der Waals surface area contributed by atoms with E-state index in [0.717, 1.165) is 37.4 Å². The van der Waals surface area contributed by atoms with Crippen molar-refractivity contribution in [1.82, 2.24) is 0 Å². The molecule has 156 valence electrons. The van der Waals surface area contributed by atoms with E-state index >= 15 is 0 Å². The molecule has 0 aliphatic carbocycles. The zero-order valence-corrected chi connectivity index (χ0v) is 21.1. The van der Waals surface area contributed by atoms with Crippen molar-refractivity contribution in [2.75, 3.05) is 0 Å². The number of hydrogen-bond donors (Lipinski definition) is 0. The Morgan fingerprint density at radius 2 is 0.778 bits per heavy atom. The van der Waals surface area contributed by atoms with Crippen LogP contribution in [-0.2, 0) is 12.3 Å². The minimum Gasteiger partial charge on any atom is -0.409 e. The van der Waals surface area contributed by atoms with E-state index < -0.39 is 25.7 Å². The first-order valence-corrected chi connectivity index (χ1v) is 17.3. The summed E-state index contributed by atoms with van der Waals surface area (Å²) in [6.45, 7) is 19.2. The lowest BCUT2D eigenvalue weighted by molar-refractivity contribution is 0.231. The lowest BCUT2D eigenvalue weighted by Gasteiger charge is -2.51. The van der Waals surface area contributed by atoms with Crippen LogP contribution in [0.25, 0.3) is 0 Å². The number of unbranched alkanes of at least 4 members (excludes halogenated alkanes) is 6. The van der Waals surface area contributed by atoms with Crippen molar-refractivity contribution in [3.63, 3.8) is 0 Å². The summed E-state index contributed by atoms with van der Waals surface area (Å²) >= 11 is 0. The molecule has 1 aliphatic rings. The van der Waals surface area contributed by atoms with Gasteiger partial charge in [-0.15, -0.1) is 19.7 Å². The minimum absolute atomic E-state index is 0.973. The molecule has 0 amide bonds. The van der Waals surface area contributed by atoms with Gasteiger partial charge in [0.2, 0.25) is 0 Å². The number of hydrogen-bond acceptors (Lipinski definition) is 3. The van der Waals surface area contributed by atoms with Gasteiger partial charge in [-0.05, 0) is 18.1 Å². The highest BCUT2D eigenvalue weighted by Gasteiger charge is 2.58. The molecule has 1 saturated heterocycles. The standard InChI is InChI=1S/C21H42O3Si3/c1-7-13-16-19-25(10-4)22-26(11-5,20-17-14-8-2)24-27(12-6,23-25)21-18-15-9-3/h10-12H,4-9,13-21H2,1-3H3. The predicted molar refractivity (Wildman–Crippen MR) is 124 cm³/mol. The Balaban J connectivity index is 3.16. The van der Waals surface area contributed by atoms with E-state index in [2.05, 4.69) is 40.5 Å². The van der Waals surface area contributed by atoms with Gasteiger partial charge in [0.1, 0.15) is 0 Å². The Bertz CT molecular complexity index is 395.